The van der Waals surface area contributed by atoms with Crippen LogP contribution in [0.4, 0.5) is 0 Å². The lowest BCUT2D eigenvalue weighted by molar-refractivity contribution is 0.463. The molecule has 0 amide bonds. The molecule has 5 aromatic rings. The monoisotopic (exact) mass is 444 g/mol. The van der Waals surface area contributed by atoms with Gasteiger partial charge < -0.3 is 14.7 Å². The summed E-state index contributed by atoms with van der Waals surface area (Å²) in [6, 6.07) is 19.2. The van der Waals surface area contributed by atoms with Gasteiger partial charge in [-0.1, -0.05) is 24.3 Å². The fourth-order valence-corrected chi connectivity index (χ4v) is 5.55. The molecule has 0 bridgehead atoms. The molecular weight excluding hydrogens is 424 g/mol. The number of sulfone groups is 1. The van der Waals surface area contributed by atoms with Crippen molar-refractivity contribution in [2.75, 3.05) is 0 Å². The second kappa shape index (κ2) is 7.10. The molecule has 0 atom stereocenters. The van der Waals surface area contributed by atoms with Crippen LogP contribution < -0.4 is 5.56 Å². The standard InChI is InChI=1S/C25H20N2O4S/c1-15-12-21-20(14-19(15)16-8-9-22-17(13-16)10-11-27(22)2)23(28)24(25(29)26-21)32(30,31)18-6-4-3-5-7-18/h3-14H,1-2H3,(H2,26,28,29). The second-order valence-electron chi connectivity index (χ2n) is 7.86. The summed E-state index contributed by atoms with van der Waals surface area (Å²) in [6.07, 6.45) is 1.99. The van der Waals surface area contributed by atoms with Crippen LogP contribution in [0.3, 0.4) is 0 Å². The van der Waals surface area contributed by atoms with Crippen molar-refractivity contribution in [1.82, 2.24) is 9.55 Å². The van der Waals surface area contributed by atoms with Crippen LogP contribution in [0.2, 0.25) is 0 Å². The third-order valence-corrected chi connectivity index (χ3v) is 7.62. The average Bonchev–Trinajstić information content (AvgIpc) is 3.14. The van der Waals surface area contributed by atoms with Gasteiger partial charge in [0.1, 0.15) is 5.75 Å². The number of hydrogen-bond donors (Lipinski definition) is 2. The normalized spacial score (nSPS) is 11.9. The van der Waals surface area contributed by atoms with E-state index in [2.05, 4.69) is 4.98 Å². The Hall–Kier alpha value is -3.84. The lowest BCUT2D eigenvalue weighted by Gasteiger charge is -2.13. The van der Waals surface area contributed by atoms with Crippen LogP contribution in [0.5, 0.6) is 5.75 Å². The number of H-pyrrole nitrogens is 1. The molecule has 0 saturated heterocycles. The fraction of sp³-hybridized carbons (Fsp3) is 0.0800. The van der Waals surface area contributed by atoms with E-state index >= 15 is 0 Å². The number of aromatic nitrogens is 2. The Morgan fingerprint density at radius 2 is 1.72 bits per heavy atom. The summed E-state index contributed by atoms with van der Waals surface area (Å²) in [6.45, 7) is 1.91. The predicted octanol–water partition coefficient (Wildman–Crippen LogP) is 4.53. The molecule has 2 N–H and O–H groups in total. The van der Waals surface area contributed by atoms with Crippen LogP contribution >= 0.6 is 0 Å². The highest BCUT2D eigenvalue weighted by Gasteiger charge is 2.27. The van der Waals surface area contributed by atoms with Crippen molar-refractivity contribution < 1.29 is 13.5 Å². The molecule has 0 unspecified atom stereocenters. The molecule has 0 aliphatic carbocycles. The van der Waals surface area contributed by atoms with Crippen LogP contribution in [-0.2, 0) is 16.9 Å². The summed E-state index contributed by atoms with van der Waals surface area (Å²) in [4.78, 5) is 14.6. The lowest BCUT2D eigenvalue weighted by atomic mass is 9.97. The van der Waals surface area contributed by atoms with E-state index in [1.807, 2.05) is 49.0 Å². The van der Waals surface area contributed by atoms with E-state index in [4.69, 9.17) is 0 Å². The van der Waals surface area contributed by atoms with Crippen LogP contribution in [0.25, 0.3) is 32.9 Å². The smallest absolute Gasteiger partial charge is 0.271 e. The first kappa shape index (κ1) is 20.1. The fourth-order valence-electron chi connectivity index (χ4n) is 4.14. The Morgan fingerprint density at radius 3 is 2.47 bits per heavy atom. The topological polar surface area (TPSA) is 92.2 Å². The summed E-state index contributed by atoms with van der Waals surface area (Å²) in [5.74, 6) is -0.547. The van der Waals surface area contributed by atoms with Gasteiger partial charge >= 0.3 is 0 Å². The van der Waals surface area contributed by atoms with Crippen molar-refractivity contribution in [3.8, 4) is 16.9 Å². The number of pyridine rings is 1. The average molecular weight is 445 g/mol. The van der Waals surface area contributed by atoms with Crippen LogP contribution in [0, 0.1) is 6.92 Å². The van der Waals surface area contributed by atoms with Gasteiger partial charge in [-0.05, 0) is 66.1 Å². The first-order valence-electron chi connectivity index (χ1n) is 10.0. The van der Waals surface area contributed by atoms with Gasteiger partial charge in [-0.25, -0.2) is 8.42 Å². The molecule has 0 saturated carbocycles. The zero-order chi connectivity index (χ0) is 22.6. The van der Waals surface area contributed by atoms with Gasteiger partial charge in [0.15, 0.2) is 4.90 Å². The lowest BCUT2D eigenvalue weighted by Crippen LogP contribution is -2.18. The molecular formula is C25H20N2O4S. The molecule has 2 aromatic heterocycles. The number of fused-ring (bicyclic) bond motifs is 2. The second-order valence-corrected chi connectivity index (χ2v) is 9.75. The molecule has 3 aromatic carbocycles. The summed E-state index contributed by atoms with van der Waals surface area (Å²) < 4.78 is 28.2. The van der Waals surface area contributed by atoms with Crippen molar-refractivity contribution >= 4 is 31.6 Å². The number of nitrogens with zero attached hydrogens (tertiary/aromatic N) is 1. The first-order chi connectivity index (χ1) is 15.3. The molecule has 0 radical (unpaired) electrons. The number of nitrogens with one attached hydrogen (secondary N) is 1. The minimum absolute atomic E-state index is 0.0537. The Bertz CT molecular complexity index is 1680. The minimum Gasteiger partial charge on any atom is -0.506 e. The highest BCUT2D eigenvalue weighted by molar-refractivity contribution is 7.91. The number of aryl methyl sites for hydroxylation is 2. The molecule has 2 heterocycles. The Balaban J connectivity index is 1.76. The zero-order valence-electron chi connectivity index (χ0n) is 17.5. The van der Waals surface area contributed by atoms with Crippen molar-refractivity contribution in [3.05, 3.63) is 88.8 Å². The number of aromatic amines is 1. The van der Waals surface area contributed by atoms with Crippen molar-refractivity contribution in [2.45, 2.75) is 16.7 Å². The summed E-state index contributed by atoms with van der Waals surface area (Å²) in [7, 11) is -2.22. The molecule has 0 fully saturated rings. The number of hydrogen-bond acceptors (Lipinski definition) is 4. The number of aromatic hydroxyl groups is 1. The molecule has 0 aliphatic heterocycles. The number of benzene rings is 3. The Kier molecular flexibility index (Phi) is 4.46. The maximum atomic E-state index is 13.1. The largest absolute Gasteiger partial charge is 0.506 e. The Morgan fingerprint density at radius 1 is 0.969 bits per heavy atom. The zero-order valence-corrected chi connectivity index (χ0v) is 18.3. The first-order valence-corrected chi connectivity index (χ1v) is 11.5. The molecule has 7 heteroatoms. The van der Waals surface area contributed by atoms with Gasteiger partial charge in [0.05, 0.1) is 10.4 Å². The maximum Gasteiger partial charge on any atom is 0.271 e. The van der Waals surface area contributed by atoms with E-state index in [0.717, 1.165) is 27.6 Å². The summed E-state index contributed by atoms with van der Waals surface area (Å²) >= 11 is 0. The molecule has 0 aliphatic rings. The van der Waals surface area contributed by atoms with Gasteiger partial charge in [-0.2, -0.15) is 0 Å². The van der Waals surface area contributed by atoms with Crippen molar-refractivity contribution in [1.29, 1.82) is 0 Å². The maximum absolute atomic E-state index is 13.1. The third kappa shape index (κ3) is 3.01. The molecule has 6 nitrogen and oxygen atoms in total. The van der Waals surface area contributed by atoms with E-state index in [9.17, 15) is 18.3 Å². The van der Waals surface area contributed by atoms with Gasteiger partial charge in [-0.15, -0.1) is 0 Å². The number of rotatable bonds is 3. The van der Waals surface area contributed by atoms with E-state index in [0.29, 0.717) is 5.52 Å². The summed E-state index contributed by atoms with van der Waals surface area (Å²) in [5.41, 5.74) is 3.28. The van der Waals surface area contributed by atoms with Gasteiger partial charge in [0.25, 0.3) is 5.56 Å². The van der Waals surface area contributed by atoms with Gasteiger partial charge in [-0.3, -0.25) is 4.79 Å². The highest BCUT2D eigenvalue weighted by Crippen LogP contribution is 2.36. The highest BCUT2D eigenvalue weighted by atomic mass is 32.2. The van der Waals surface area contributed by atoms with E-state index in [1.54, 1.807) is 30.3 Å². The van der Waals surface area contributed by atoms with Gasteiger partial charge in [0.2, 0.25) is 9.84 Å². The van der Waals surface area contributed by atoms with Crippen molar-refractivity contribution in [3.63, 3.8) is 0 Å². The molecule has 5 rings (SSSR count). The SMILES string of the molecule is Cc1cc2[nH]c(=O)c(S(=O)(=O)c3ccccc3)c(O)c2cc1-c1ccc2c(ccn2C)c1. The Labute approximate surface area is 184 Å². The molecule has 0 spiro atoms. The van der Waals surface area contributed by atoms with Crippen LogP contribution in [-0.4, -0.2) is 23.1 Å². The van der Waals surface area contributed by atoms with Crippen LogP contribution in [0.1, 0.15) is 5.56 Å². The predicted molar refractivity (Wildman–Crippen MR) is 125 cm³/mol. The van der Waals surface area contributed by atoms with E-state index in [-0.39, 0.29) is 10.3 Å². The summed E-state index contributed by atoms with van der Waals surface area (Å²) in [5, 5.41) is 12.3. The van der Waals surface area contributed by atoms with E-state index < -0.39 is 26.0 Å². The van der Waals surface area contributed by atoms with Gasteiger partial charge in [0, 0.05) is 29.5 Å². The van der Waals surface area contributed by atoms with Crippen LogP contribution in [0.15, 0.2) is 87.5 Å². The quantitative estimate of drug-likeness (QED) is 0.428. The van der Waals surface area contributed by atoms with E-state index in [1.165, 1.54) is 12.1 Å². The molecule has 160 valence electrons. The molecule has 32 heavy (non-hydrogen) atoms. The van der Waals surface area contributed by atoms with Crippen molar-refractivity contribution in [2.24, 2.45) is 7.05 Å². The third-order valence-electron chi connectivity index (χ3n) is 5.81. The minimum atomic E-state index is -4.20.